The molecule has 2 aromatic heterocycles. The second-order valence-corrected chi connectivity index (χ2v) is 4.44. The molecule has 6 nitrogen and oxygen atoms in total. The third-order valence-corrected chi connectivity index (χ3v) is 2.85. The van der Waals surface area contributed by atoms with Crippen molar-refractivity contribution < 1.29 is 8.91 Å². The van der Waals surface area contributed by atoms with Gasteiger partial charge in [-0.3, -0.25) is 4.68 Å². The van der Waals surface area contributed by atoms with Crippen molar-refractivity contribution in [3.63, 3.8) is 0 Å². The minimum Gasteiger partial charge on any atom is -0.396 e. The molecule has 3 aromatic rings. The molecule has 20 heavy (non-hydrogen) atoms. The van der Waals surface area contributed by atoms with Crippen LogP contribution < -0.4 is 5.73 Å². The van der Waals surface area contributed by atoms with Crippen molar-refractivity contribution in [3.05, 3.63) is 47.9 Å². The zero-order chi connectivity index (χ0) is 14.1. The number of nitrogen functional groups attached to an aromatic ring is 1. The van der Waals surface area contributed by atoms with E-state index in [0.29, 0.717) is 23.9 Å². The second kappa shape index (κ2) is 4.76. The molecule has 0 bridgehead atoms. The smallest absolute Gasteiger partial charge is 0.248 e. The molecule has 102 valence electrons. The van der Waals surface area contributed by atoms with Crippen molar-refractivity contribution in [1.29, 1.82) is 0 Å². The van der Waals surface area contributed by atoms with E-state index in [2.05, 4.69) is 15.2 Å². The summed E-state index contributed by atoms with van der Waals surface area (Å²) in [5.74, 6) is 0.548. The van der Waals surface area contributed by atoms with Gasteiger partial charge in [-0.25, -0.2) is 4.39 Å². The van der Waals surface area contributed by atoms with E-state index >= 15 is 0 Å². The zero-order valence-corrected chi connectivity index (χ0v) is 10.7. The quantitative estimate of drug-likeness (QED) is 0.789. The van der Waals surface area contributed by atoms with Gasteiger partial charge in [-0.15, -0.1) is 0 Å². The summed E-state index contributed by atoms with van der Waals surface area (Å²) in [6, 6.07) is 4.43. The van der Waals surface area contributed by atoms with E-state index in [1.807, 2.05) is 0 Å². The van der Waals surface area contributed by atoms with Crippen LogP contribution in [-0.4, -0.2) is 19.9 Å². The first-order chi connectivity index (χ1) is 9.61. The monoisotopic (exact) mass is 273 g/mol. The molecule has 3 rings (SSSR count). The molecular weight excluding hydrogens is 261 g/mol. The van der Waals surface area contributed by atoms with Crippen LogP contribution in [0.5, 0.6) is 0 Å². The van der Waals surface area contributed by atoms with Crippen LogP contribution in [0.25, 0.3) is 11.4 Å². The van der Waals surface area contributed by atoms with E-state index in [-0.39, 0.29) is 5.82 Å². The highest BCUT2D eigenvalue weighted by Crippen LogP contribution is 2.21. The van der Waals surface area contributed by atoms with Crippen LogP contribution in [0.3, 0.4) is 0 Å². The lowest BCUT2D eigenvalue weighted by Crippen LogP contribution is -2.00. The number of hydrogen-bond donors (Lipinski definition) is 1. The topological polar surface area (TPSA) is 82.8 Å². The second-order valence-electron chi connectivity index (χ2n) is 4.44. The van der Waals surface area contributed by atoms with Crippen molar-refractivity contribution in [2.75, 3.05) is 5.73 Å². The molecule has 1 aromatic carbocycles. The Balaban J connectivity index is 1.86. The van der Waals surface area contributed by atoms with Crippen LogP contribution in [0.1, 0.15) is 11.5 Å². The number of hydrogen-bond acceptors (Lipinski definition) is 5. The Kier molecular flexibility index (Phi) is 2.94. The fourth-order valence-electron chi connectivity index (χ4n) is 1.91. The molecule has 0 aliphatic heterocycles. The van der Waals surface area contributed by atoms with E-state index in [1.165, 1.54) is 12.1 Å². The standard InChI is InChI=1S/C13H12FN5O/c1-8-4-9(14)2-3-11(8)13-17-12(20-18-13)7-19-6-10(15)5-16-19/h2-6H,7,15H2,1H3. The van der Waals surface area contributed by atoms with Crippen LogP contribution >= 0.6 is 0 Å². The molecule has 0 atom stereocenters. The van der Waals surface area contributed by atoms with Crippen LogP contribution in [0.15, 0.2) is 35.1 Å². The number of rotatable bonds is 3. The first-order valence-corrected chi connectivity index (χ1v) is 5.99. The van der Waals surface area contributed by atoms with Gasteiger partial charge < -0.3 is 10.3 Å². The van der Waals surface area contributed by atoms with Gasteiger partial charge in [-0.2, -0.15) is 10.1 Å². The number of nitrogens with two attached hydrogens (primary N) is 1. The predicted molar refractivity (Wildman–Crippen MR) is 70.2 cm³/mol. The fraction of sp³-hybridized carbons (Fsp3) is 0.154. The van der Waals surface area contributed by atoms with Gasteiger partial charge in [0.25, 0.3) is 0 Å². The Hall–Kier alpha value is -2.70. The van der Waals surface area contributed by atoms with Crippen LogP contribution in [0.2, 0.25) is 0 Å². The maximum absolute atomic E-state index is 13.1. The molecule has 0 fully saturated rings. The number of halogens is 1. The van der Waals surface area contributed by atoms with E-state index in [0.717, 1.165) is 11.1 Å². The summed E-state index contributed by atoms with van der Waals surface area (Å²) in [7, 11) is 0. The molecule has 0 radical (unpaired) electrons. The Labute approximate surface area is 114 Å². The summed E-state index contributed by atoms with van der Waals surface area (Å²) < 4.78 is 19.8. The highest BCUT2D eigenvalue weighted by Gasteiger charge is 2.12. The number of aryl methyl sites for hydroxylation is 1. The minimum atomic E-state index is -0.290. The average molecular weight is 273 g/mol. The molecule has 0 aliphatic carbocycles. The van der Waals surface area contributed by atoms with Crippen molar-refractivity contribution in [1.82, 2.24) is 19.9 Å². The molecular formula is C13H12FN5O. The molecule has 0 amide bonds. The third kappa shape index (κ3) is 2.37. The number of benzene rings is 1. The van der Waals surface area contributed by atoms with Gasteiger partial charge in [0.1, 0.15) is 12.4 Å². The summed E-state index contributed by atoms with van der Waals surface area (Å²) in [6.45, 7) is 2.13. The summed E-state index contributed by atoms with van der Waals surface area (Å²) in [5.41, 5.74) is 7.63. The fourth-order valence-corrected chi connectivity index (χ4v) is 1.91. The lowest BCUT2D eigenvalue weighted by molar-refractivity contribution is 0.366. The summed E-state index contributed by atoms with van der Waals surface area (Å²) in [5, 5.41) is 7.94. The van der Waals surface area contributed by atoms with Crippen molar-refractivity contribution in [2.24, 2.45) is 0 Å². The van der Waals surface area contributed by atoms with Crippen molar-refractivity contribution in [2.45, 2.75) is 13.5 Å². The minimum absolute atomic E-state index is 0.290. The summed E-state index contributed by atoms with van der Waals surface area (Å²) >= 11 is 0. The van der Waals surface area contributed by atoms with Gasteiger partial charge in [0.15, 0.2) is 0 Å². The molecule has 0 spiro atoms. The Morgan fingerprint density at radius 3 is 2.95 bits per heavy atom. The van der Waals surface area contributed by atoms with Crippen LogP contribution in [0.4, 0.5) is 10.1 Å². The van der Waals surface area contributed by atoms with Crippen molar-refractivity contribution in [3.8, 4) is 11.4 Å². The van der Waals surface area contributed by atoms with E-state index in [9.17, 15) is 4.39 Å². The van der Waals surface area contributed by atoms with Crippen LogP contribution in [-0.2, 0) is 6.54 Å². The molecule has 0 saturated heterocycles. The van der Waals surface area contributed by atoms with Gasteiger partial charge in [0.2, 0.25) is 11.7 Å². The lowest BCUT2D eigenvalue weighted by atomic mass is 10.1. The Morgan fingerprint density at radius 2 is 2.25 bits per heavy atom. The SMILES string of the molecule is Cc1cc(F)ccc1-c1noc(Cn2cc(N)cn2)n1. The zero-order valence-electron chi connectivity index (χ0n) is 10.7. The molecule has 2 heterocycles. The Bertz CT molecular complexity index is 749. The third-order valence-electron chi connectivity index (χ3n) is 2.85. The summed E-state index contributed by atoms with van der Waals surface area (Å²) in [4.78, 5) is 4.27. The number of aromatic nitrogens is 4. The van der Waals surface area contributed by atoms with Gasteiger partial charge in [-0.05, 0) is 30.7 Å². The van der Waals surface area contributed by atoms with Gasteiger partial charge >= 0.3 is 0 Å². The van der Waals surface area contributed by atoms with Gasteiger partial charge in [0, 0.05) is 11.8 Å². The van der Waals surface area contributed by atoms with Gasteiger partial charge in [-0.1, -0.05) is 5.16 Å². The van der Waals surface area contributed by atoms with E-state index in [1.54, 1.807) is 30.1 Å². The number of anilines is 1. The predicted octanol–water partition coefficient (Wildman–Crippen LogP) is 2.01. The molecule has 7 heteroatoms. The molecule has 2 N–H and O–H groups in total. The lowest BCUT2D eigenvalue weighted by Gasteiger charge is -1.99. The molecule has 0 aliphatic rings. The highest BCUT2D eigenvalue weighted by molar-refractivity contribution is 5.59. The molecule has 0 saturated carbocycles. The highest BCUT2D eigenvalue weighted by atomic mass is 19.1. The first kappa shape index (κ1) is 12.3. The maximum Gasteiger partial charge on any atom is 0.248 e. The summed E-state index contributed by atoms with van der Waals surface area (Å²) in [6.07, 6.45) is 3.22. The van der Waals surface area contributed by atoms with E-state index < -0.39 is 0 Å². The Morgan fingerprint density at radius 1 is 1.40 bits per heavy atom. The van der Waals surface area contributed by atoms with Gasteiger partial charge in [0.05, 0.1) is 11.9 Å². The largest absolute Gasteiger partial charge is 0.396 e. The molecule has 0 unspecified atom stereocenters. The maximum atomic E-state index is 13.1. The first-order valence-electron chi connectivity index (χ1n) is 5.99. The average Bonchev–Trinajstić information content (AvgIpc) is 2.99. The number of nitrogens with zero attached hydrogens (tertiary/aromatic N) is 4. The van der Waals surface area contributed by atoms with Crippen molar-refractivity contribution >= 4 is 5.69 Å². The normalized spacial score (nSPS) is 10.9. The van der Waals surface area contributed by atoms with E-state index in [4.69, 9.17) is 10.3 Å². The van der Waals surface area contributed by atoms with Crippen LogP contribution in [0, 0.1) is 12.7 Å².